The van der Waals surface area contributed by atoms with Crippen molar-refractivity contribution in [1.29, 1.82) is 0 Å². The van der Waals surface area contributed by atoms with Crippen LogP contribution in [0.3, 0.4) is 0 Å². The van der Waals surface area contributed by atoms with E-state index in [0.717, 1.165) is 33.8 Å². The van der Waals surface area contributed by atoms with Crippen molar-refractivity contribution in [2.45, 2.75) is 13.5 Å². The predicted octanol–water partition coefficient (Wildman–Crippen LogP) is 7.95. The van der Waals surface area contributed by atoms with Crippen LogP contribution in [0.1, 0.15) is 27.2 Å². The van der Waals surface area contributed by atoms with Crippen LogP contribution >= 0.6 is 0 Å². The van der Waals surface area contributed by atoms with Gasteiger partial charge in [-0.25, -0.2) is 5.43 Å². The number of hydrogen-bond donors (Lipinski definition) is 1. The molecule has 0 radical (unpaired) electrons. The summed E-state index contributed by atoms with van der Waals surface area (Å²) in [5, 5.41) is 6.58. The lowest BCUT2D eigenvalue weighted by atomic mass is 10.1. The number of rotatable bonds is 8. The fraction of sp³-hybridized carbons (Fsp3) is 0.0556. The van der Waals surface area contributed by atoms with E-state index < -0.39 is 0 Å². The molecule has 1 N–H and O–H groups in total. The molecule has 0 unspecified atom stereocenters. The second kappa shape index (κ2) is 11.8. The number of hydrazone groups is 1. The quantitative estimate of drug-likeness (QED) is 0.159. The third-order valence-corrected chi connectivity index (χ3v) is 7.03. The monoisotopic (exact) mass is 535 g/mol. The Kier molecular flexibility index (Phi) is 7.41. The number of hydrogen-bond acceptors (Lipinski definition) is 3. The highest BCUT2D eigenvalue weighted by Crippen LogP contribution is 2.26. The number of amides is 1. The summed E-state index contributed by atoms with van der Waals surface area (Å²) in [5.74, 6) is 0.411. The van der Waals surface area contributed by atoms with E-state index in [1.807, 2.05) is 78.9 Å². The van der Waals surface area contributed by atoms with Crippen LogP contribution in [0.5, 0.6) is 5.75 Å². The fourth-order valence-corrected chi connectivity index (χ4v) is 4.91. The Morgan fingerprint density at radius 1 is 0.780 bits per heavy atom. The Morgan fingerprint density at radius 3 is 2.34 bits per heavy atom. The molecule has 5 heteroatoms. The molecule has 6 rings (SSSR count). The van der Waals surface area contributed by atoms with Crippen molar-refractivity contribution < 1.29 is 9.53 Å². The molecule has 0 fully saturated rings. The zero-order valence-electron chi connectivity index (χ0n) is 22.7. The third-order valence-electron chi connectivity index (χ3n) is 7.03. The summed E-state index contributed by atoms with van der Waals surface area (Å²) in [6.07, 6.45) is 1.61. The smallest absolute Gasteiger partial charge is 0.271 e. The molecule has 5 aromatic carbocycles. The topological polar surface area (TPSA) is 55.6 Å². The van der Waals surface area contributed by atoms with Gasteiger partial charge in [0.2, 0.25) is 0 Å². The van der Waals surface area contributed by atoms with E-state index in [4.69, 9.17) is 4.74 Å². The van der Waals surface area contributed by atoms with E-state index in [9.17, 15) is 4.79 Å². The Balaban J connectivity index is 1.11. The summed E-state index contributed by atoms with van der Waals surface area (Å²) in [5.41, 5.74) is 9.37. The largest absolute Gasteiger partial charge is 0.488 e. The molecule has 1 aromatic heterocycles. The van der Waals surface area contributed by atoms with Gasteiger partial charge in [-0.2, -0.15) is 5.10 Å². The van der Waals surface area contributed by atoms with Crippen molar-refractivity contribution in [2.24, 2.45) is 5.10 Å². The molecule has 0 spiro atoms. The normalized spacial score (nSPS) is 11.1. The zero-order valence-corrected chi connectivity index (χ0v) is 22.7. The Hall–Kier alpha value is -5.42. The summed E-state index contributed by atoms with van der Waals surface area (Å²) in [7, 11) is 0. The van der Waals surface area contributed by atoms with Crippen molar-refractivity contribution in [3.05, 3.63) is 156 Å². The lowest BCUT2D eigenvalue weighted by Gasteiger charge is -2.13. The minimum absolute atomic E-state index is 0.283. The van der Waals surface area contributed by atoms with Crippen LogP contribution in [-0.2, 0) is 6.61 Å². The number of benzene rings is 5. The van der Waals surface area contributed by atoms with Gasteiger partial charge < -0.3 is 9.30 Å². The lowest BCUT2D eigenvalue weighted by Crippen LogP contribution is -2.17. The molecule has 0 aliphatic rings. The van der Waals surface area contributed by atoms with E-state index in [-0.39, 0.29) is 5.91 Å². The standard InChI is InChI=1S/C36H29N3O2/c1-26-15-22-34(29-10-3-2-4-11-29)39(26)33-20-18-30(19-21-33)36(40)38-37-24-32-13-7-8-14-35(32)41-25-27-16-17-28-9-5-6-12-31(28)23-27/h2-24H,25H2,1H3,(H,38,40)/b37-24+. The maximum Gasteiger partial charge on any atom is 0.271 e. The van der Waals surface area contributed by atoms with Gasteiger partial charge in [0.25, 0.3) is 5.91 Å². The van der Waals surface area contributed by atoms with Gasteiger partial charge in [0.15, 0.2) is 0 Å². The van der Waals surface area contributed by atoms with E-state index in [2.05, 4.69) is 76.6 Å². The molecule has 0 atom stereocenters. The lowest BCUT2D eigenvalue weighted by molar-refractivity contribution is 0.0955. The highest BCUT2D eigenvalue weighted by atomic mass is 16.5. The van der Waals surface area contributed by atoms with Crippen LogP contribution in [0, 0.1) is 6.92 Å². The van der Waals surface area contributed by atoms with Gasteiger partial charge in [-0.15, -0.1) is 0 Å². The van der Waals surface area contributed by atoms with Gasteiger partial charge in [-0.1, -0.05) is 78.9 Å². The molecule has 1 amide bonds. The summed E-state index contributed by atoms with van der Waals surface area (Å²) < 4.78 is 8.29. The van der Waals surface area contributed by atoms with Crippen LogP contribution in [0.4, 0.5) is 0 Å². The minimum Gasteiger partial charge on any atom is -0.488 e. The zero-order chi connectivity index (χ0) is 28.0. The number of aromatic nitrogens is 1. The summed E-state index contributed by atoms with van der Waals surface area (Å²) in [6.45, 7) is 2.51. The molecule has 41 heavy (non-hydrogen) atoms. The fourth-order valence-electron chi connectivity index (χ4n) is 4.91. The van der Waals surface area contributed by atoms with E-state index in [1.165, 1.54) is 10.8 Å². The van der Waals surface area contributed by atoms with Crippen molar-refractivity contribution in [2.75, 3.05) is 0 Å². The van der Waals surface area contributed by atoms with E-state index in [1.54, 1.807) is 6.21 Å². The summed E-state index contributed by atoms with van der Waals surface area (Å²) in [4.78, 5) is 12.8. The number of nitrogens with zero attached hydrogens (tertiary/aromatic N) is 2. The number of para-hydroxylation sites is 1. The Labute approximate surface area is 239 Å². The first kappa shape index (κ1) is 25.8. The number of nitrogens with one attached hydrogen (secondary N) is 1. The van der Waals surface area contributed by atoms with Gasteiger partial charge in [0.05, 0.1) is 11.9 Å². The molecular formula is C36H29N3O2. The van der Waals surface area contributed by atoms with Gasteiger partial charge in [-0.3, -0.25) is 4.79 Å². The van der Waals surface area contributed by atoms with Crippen LogP contribution in [-0.4, -0.2) is 16.7 Å². The van der Waals surface area contributed by atoms with Crippen LogP contribution in [0.15, 0.2) is 139 Å². The van der Waals surface area contributed by atoms with Gasteiger partial charge >= 0.3 is 0 Å². The summed E-state index contributed by atoms with van der Waals surface area (Å²) >= 11 is 0. The number of carbonyl (C=O) groups excluding carboxylic acids is 1. The Morgan fingerprint density at radius 2 is 1.51 bits per heavy atom. The minimum atomic E-state index is -0.283. The maximum atomic E-state index is 12.8. The molecule has 0 aliphatic heterocycles. The number of aryl methyl sites for hydroxylation is 1. The van der Waals surface area contributed by atoms with Crippen molar-refractivity contribution in [3.63, 3.8) is 0 Å². The number of fused-ring (bicyclic) bond motifs is 1. The average molecular weight is 536 g/mol. The van der Waals surface area contributed by atoms with E-state index in [0.29, 0.717) is 17.9 Å². The maximum absolute atomic E-state index is 12.8. The molecule has 0 saturated heterocycles. The van der Waals surface area contributed by atoms with Crippen LogP contribution in [0.2, 0.25) is 0 Å². The van der Waals surface area contributed by atoms with Crippen molar-refractivity contribution in [1.82, 2.24) is 9.99 Å². The molecular weight excluding hydrogens is 506 g/mol. The first-order valence-corrected chi connectivity index (χ1v) is 13.5. The molecule has 5 nitrogen and oxygen atoms in total. The molecule has 6 aromatic rings. The van der Waals surface area contributed by atoms with E-state index >= 15 is 0 Å². The van der Waals surface area contributed by atoms with Crippen molar-refractivity contribution in [3.8, 4) is 22.7 Å². The number of ether oxygens (including phenoxy) is 1. The van der Waals surface area contributed by atoms with Gasteiger partial charge in [0, 0.05) is 22.5 Å². The first-order chi connectivity index (χ1) is 20.2. The first-order valence-electron chi connectivity index (χ1n) is 13.5. The molecule has 200 valence electrons. The predicted molar refractivity (Wildman–Crippen MR) is 166 cm³/mol. The van der Waals surface area contributed by atoms with Crippen LogP contribution in [0.25, 0.3) is 27.7 Å². The molecule has 0 saturated carbocycles. The van der Waals surface area contributed by atoms with Gasteiger partial charge in [-0.05, 0) is 83.4 Å². The second-order valence-electron chi connectivity index (χ2n) is 9.82. The van der Waals surface area contributed by atoms with Crippen LogP contribution < -0.4 is 10.2 Å². The average Bonchev–Trinajstić information content (AvgIpc) is 3.42. The SMILES string of the molecule is Cc1ccc(-c2ccccc2)n1-c1ccc(C(=O)N/N=C/c2ccccc2OCc2ccc3ccccc3c2)cc1. The number of carbonyl (C=O) groups is 1. The summed E-state index contributed by atoms with van der Waals surface area (Å²) in [6, 6.07) is 44.2. The third kappa shape index (κ3) is 5.80. The molecule has 1 heterocycles. The van der Waals surface area contributed by atoms with Crippen molar-refractivity contribution >= 4 is 22.9 Å². The molecule has 0 bridgehead atoms. The molecule has 0 aliphatic carbocycles. The van der Waals surface area contributed by atoms with Gasteiger partial charge in [0.1, 0.15) is 12.4 Å². The second-order valence-corrected chi connectivity index (χ2v) is 9.82. The highest BCUT2D eigenvalue weighted by Gasteiger charge is 2.11. The Bertz CT molecular complexity index is 1840. The highest BCUT2D eigenvalue weighted by molar-refractivity contribution is 5.95.